The molecule has 0 spiro atoms. The molecule has 2 nitrogen and oxygen atoms in total. The van der Waals surface area contributed by atoms with Crippen molar-refractivity contribution in [3.63, 3.8) is 0 Å². The predicted octanol–water partition coefficient (Wildman–Crippen LogP) is 3.72. The van der Waals surface area contributed by atoms with Gasteiger partial charge < -0.3 is 0 Å². The summed E-state index contributed by atoms with van der Waals surface area (Å²) in [7, 11) is 0. The third-order valence-electron chi connectivity index (χ3n) is 3.43. The summed E-state index contributed by atoms with van der Waals surface area (Å²) in [5.74, 6) is 0.163. The molecule has 0 radical (unpaired) electrons. The zero-order valence-electron chi connectivity index (χ0n) is 9.59. The summed E-state index contributed by atoms with van der Waals surface area (Å²) in [4.78, 5) is 16.4. The van der Waals surface area contributed by atoms with Gasteiger partial charge in [-0.1, -0.05) is 17.7 Å². The van der Waals surface area contributed by atoms with E-state index in [0.717, 1.165) is 29.3 Å². The Bertz CT molecular complexity index is 634. The van der Waals surface area contributed by atoms with Crippen molar-refractivity contribution in [3.8, 4) is 0 Å². The number of nitrogens with zero attached hydrogens (tertiary/aromatic N) is 1. The molecular formula is C14H12ClNO. The minimum atomic E-state index is 0.163. The van der Waals surface area contributed by atoms with E-state index in [1.54, 1.807) is 0 Å². The lowest BCUT2D eigenvalue weighted by molar-refractivity contribution is 0.0967. The van der Waals surface area contributed by atoms with Crippen molar-refractivity contribution >= 4 is 28.3 Å². The fourth-order valence-corrected chi connectivity index (χ4v) is 2.69. The van der Waals surface area contributed by atoms with Gasteiger partial charge in [-0.2, -0.15) is 0 Å². The lowest BCUT2D eigenvalue weighted by Crippen LogP contribution is -2.14. The van der Waals surface area contributed by atoms with E-state index >= 15 is 0 Å². The Balaban J connectivity index is 2.39. The van der Waals surface area contributed by atoms with Gasteiger partial charge in [0.2, 0.25) is 0 Å². The van der Waals surface area contributed by atoms with Crippen LogP contribution in [0.25, 0.3) is 10.9 Å². The van der Waals surface area contributed by atoms with Gasteiger partial charge in [-0.3, -0.25) is 4.79 Å². The first-order valence-corrected chi connectivity index (χ1v) is 6.16. The van der Waals surface area contributed by atoms with Gasteiger partial charge in [-0.05, 0) is 43.0 Å². The number of aromatic nitrogens is 1. The predicted molar refractivity (Wildman–Crippen MR) is 68.8 cm³/mol. The maximum Gasteiger partial charge on any atom is 0.181 e. The Morgan fingerprint density at radius 2 is 2.12 bits per heavy atom. The van der Waals surface area contributed by atoms with Crippen molar-refractivity contribution in [1.29, 1.82) is 0 Å². The highest BCUT2D eigenvalue weighted by Crippen LogP contribution is 2.29. The molecule has 0 atom stereocenters. The van der Waals surface area contributed by atoms with Gasteiger partial charge >= 0.3 is 0 Å². The number of rotatable bonds is 0. The number of hydrogen-bond acceptors (Lipinski definition) is 2. The van der Waals surface area contributed by atoms with Crippen LogP contribution in [0, 0.1) is 6.92 Å². The molecule has 1 heterocycles. The molecule has 2 aromatic rings. The summed E-state index contributed by atoms with van der Waals surface area (Å²) in [6, 6.07) is 5.68. The largest absolute Gasteiger partial charge is 0.292 e. The van der Waals surface area contributed by atoms with Crippen molar-refractivity contribution in [2.75, 3.05) is 0 Å². The molecule has 0 N–H and O–H groups in total. The SMILES string of the molecule is Cc1c2c(nc3cc(Cl)ccc13)C(=O)CCC2. The molecule has 0 fully saturated rings. The quantitative estimate of drug-likeness (QED) is 0.708. The van der Waals surface area contributed by atoms with E-state index in [4.69, 9.17) is 11.6 Å². The van der Waals surface area contributed by atoms with Gasteiger partial charge in [0.25, 0.3) is 0 Å². The van der Waals surface area contributed by atoms with Crippen LogP contribution in [0.15, 0.2) is 18.2 Å². The Hall–Kier alpha value is -1.41. The molecule has 1 aromatic heterocycles. The third kappa shape index (κ3) is 1.64. The van der Waals surface area contributed by atoms with E-state index in [2.05, 4.69) is 11.9 Å². The molecule has 1 aromatic carbocycles. The van der Waals surface area contributed by atoms with Crippen LogP contribution < -0.4 is 0 Å². The van der Waals surface area contributed by atoms with Gasteiger partial charge in [0.1, 0.15) is 5.69 Å². The summed E-state index contributed by atoms with van der Waals surface area (Å²) in [5, 5.41) is 1.76. The number of pyridine rings is 1. The second kappa shape index (κ2) is 3.81. The van der Waals surface area contributed by atoms with E-state index in [-0.39, 0.29) is 5.78 Å². The van der Waals surface area contributed by atoms with Crippen molar-refractivity contribution in [3.05, 3.63) is 40.0 Å². The summed E-state index contributed by atoms with van der Waals surface area (Å²) < 4.78 is 0. The first-order valence-electron chi connectivity index (χ1n) is 5.79. The highest BCUT2D eigenvalue weighted by atomic mass is 35.5. The molecule has 0 saturated carbocycles. The molecule has 0 bridgehead atoms. The average molecular weight is 246 g/mol. The summed E-state index contributed by atoms with van der Waals surface area (Å²) >= 11 is 5.97. The Morgan fingerprint density at radius 3 is 2.94 bits per heavy atom. The molecule has 0 saturated heterocycles. The fraction of sp³-hybridized carbons (Fsp3) is 0.286. The Labute approximate surface area is 105 Å². The van der Waals surface area contributed by atoms with Crippen LogP contribution in [0.3, 0.4) is 0 Å². The second-order valence-corrected chi connectivity index (χ2v) is 4.94. The Kier molecular flexibility index (Phi) is 2.40. The monoisotopic (exact) mass is 245 g/mol. The minimum absolute atomic E-state index is 0.163. The first kappa shape index (κ1) is 10.7. The zero-order valence-corrected chi connectivity index (χ0v) is 10.3. The van der Waals surface area contributed by atoms with Crippen molar-refractivity contribution in [2.24, 2.45) is 0 Å². The number of fused-ring (bicyclic) bond motifs is 2. The van der Waals surface area contributed by atoms with E-state index in [1.165, 1.54) is 5.56 Å². The van der Waals surface area contributed by atoms with Gasteiger partial charge in [0, 0.05) is 16.8 Å². The highest BCUT2D eigenvalue weighted by Gasteiger charge is 2.21. The topological polar surface area (TPSA) is 30.0 Å². The smallest absolute Gasteiger partial charge is 0.181 e. The van der Waals surface area contributed by atoms with Gasteiger partial charge in [-0.15, -0.1) is 0 Å². The van der Waals surface area contributed by atoms with E-state index in [0.29, 0.717) is 17.1 Å². The summed E-state index contributed by atoms with van der Waals surface area (Å²) in [6.45, 7) is 2.06. The number of ketones is 1. The standard InChI is InChI=1S/C14H12ClNO/c1-8-10-6-5-9(15)7-12(10)16-14-11(8)3-2-4-13(14)17/h5-7H,2-4H2,1H3. The zero-order chi connectivity index (χ0) is 12.0. The van der Waals surface area contributed by atoms with Crippen LogP contribution >= 0.6 is 11.6 Å². The van der Waals surface area contributed by atoms with Gasteiger partial charge in [0.15, 0.2) is 5.78 Å². The molecule has 0 amide bonds. The van der Waals surface area contributed by atoms with E-state index < -0.39 is 0 Å². The molecular weight excluding hydrogens is 234 g/mol. The average Bonchev–Trinajstić information content (AvgIpc) is 2.30. The normalized spacial score (nSPS) is 15.1. The molecule has 1 aliphatic rings. The summed E-state index contributed by atoms with van der Waals surface area (Å²) in [6.07, 6.45) is 2.51. The second-order valence-electron chi connectivity index (χ2n) is 4.50. The number of aryl methyl sites for hydroxylation is 1. The third-order valence-corrected chi connectivity index (χ3v) is 3.66. The Morgan fingerprint density at radius 1 is 1.29 bits per heavy atom. The number of carbonyl (C=O) groups is 1. The highest BCUT2D eigenvalue weighted by molar-refractivity contribution is 6.31. The van der Waals surface area contributed by atoms with Crippen molar-refractivity contribution in [2.45, 2.75) is 26.2 Å². The van der Waals surface area contributed by atoms with E-state index in [1.807, 2.05) is 18.2 Å². The number of carbonyl (C=O) groups excluding carboxylic acids is 1. The molecule has 17 heavy (non-hydrogen) atoms. The van der Waals surface area contributed by atoms with Crippen LogP contribution in [0.4, 0.5) is 0 Å². The van der Waals surface area contributed by atoms with Crippen LogP contribution in [-0.4, -0.2) is 10.8 Å². The summed E-state index contributed by atoms with van der Waals surface area (Å²) in [5.41, 5.74) is 3.78. The molecule has 3 heteroatoms. The minimum Gasteiger partial charge on any atom is -0.292 e. The molecule has 0 unspecified atom stereocenters. The first-order chi connectivity index (χ1) is 8.16. The lowest BCUT2D eigenvalue weighted by atomic mass is 9.90. The number of benzene rings is 1. The van der Waals surface area contributed by atoms with Crippen molar-refractivity contribution in [1.82, 2.24) is 4.98 Å². The molecule has 86 valence electrons. The van der Waals surface area contributed by atoms with Gasteiger partial charge in [-0.25, -0.2) is 4.98 Å². The maximum absolute atomic E-state index is 11.9. The van der Waals surface area contributed by atoms with Crippen LogP contribution in [-0.2, 0) is 6.42 Å². The number of Topliss-reactive ketones (excluding diaryl/α,β-unsaturated/α-hetero) is 1. The van der Waals surface area contributed by atoms with Gasteiger partial charge in [0.05, 0.1) is 5.52 Å². The van der Waals surface area contributed by atoms with Crippen molar-refractivity contribution < 1.29 is 4.79 Å². The van der Waals surface area contributed by atoms with Crippen LogP contribution in [0.2, 0.25) is 5.02 Å². The number of hydrogen-bond donors (Lipinski definition) is 0. The molecule has 3 rings (SSSR count). The molecule has 1 aliphatic carbocycles. The molecule has 0 aliphatic heterocycles. The van der Waals surface area contributed by atoms with Crippen LogP contribution in [0.5, 0.6) is 0 Å². The number of halogens is 1. The van der Waals surface area contributed by atoms with Crippen LogP contribution in [0.1, 0.15) is 34.5 Å². The fourth-order valence-electron chi connectivity index (χ4n) is 2.52. The van der Waals surface area contributed by atoms with E-state index in [9.17, 15) is 4.79 Å². The lowest BCUT2D eigenvalue weighted by Gasteiger charge is -2.17. The maximum atomic E-state index is 11.9.